The largest absolute Gasteiger partial charge is 0.438 e. The van der Waals surface area contributed by atoms with E-state index in [1.54, 1.807) is 41.3 Å². The van der Waals surface area contributed by atoms with Crippen LogP contribution in [0.3, 0.4) is 0 Å². The molecule has 0 bridgehead atoms. The van der Waals surface area contributed by atoms with Gasteiger partial charge in [-0.2, -0.15) is 15.5 Å². The summed E-state index contributed by atoms with van der Waals surface area (Å²) >= 11 is 0. The van der Waals surface area contributed by atoms with Gasteiger partial charge in [0.05, 0.1) is 47.1 Å². The van der Waals surface area contributed by atoms with E-state index in [-0.39, 0.29) is 5.91 Å². The smallest absolute Gasteiger partial charge is 0.239 e. The Morgan fingerprint density at radius 2 is 1.76 bits per heavy atom. The number of nitrogens with two attached hydrogens (primary N) is 1. The van der Waals surface area contributed by atoms with Crippen molar-refractivity contribution in [3.05, 3.63) is 69.9 Å². The van der Waals surface area contributed by atoms with Gasteiger partial charge in [0.1, 0.15) is 5.75 Å². The van der Waals surface area contributed by atoms with E-state index in [0.29, 0.717) is 60.6 Å². The van der Waals surface area contributed by atoms with E-state index in [4.69, 9.17) is 20.7 Å². The zero-order valence-corrected chi connectivity index (χ0v) is 22.1. The van der Waals surface area contributed by atoms with Crippen molar-refractivity contribution in [2.75, 3.05) is 11.9 Å². The number of aryl methyl sites for hydroxylation is 2. The zero-order valence-electron chi connectivity index (χ0n) is 22.1. The van der Waals surface area contributed by atoms with Gasteiger partial charge in [0, 0.05) is 18.7 Å². The molecule has 0 radical (unpaired) electrons. The summed E-state index contributed by atoms with van der Waals surface area (Å²) in [6, 6.07) is 14.2. The fourth-order valence-corrected chi connectivity index (χ4v) is 4.59. The summed E-state index contributed by atoms with van der Waals surface area (Å²) in [5, 5.41) is 21.6. The van der Waals surface area contributed by atoms with Crippen molar-refractivity contribution in [2.24, 2.45) is 11.7 Å². The lowest BCUT2D eigenvalue weighted by atomic mass is 10.0. The Bertz CT molecular complexity index is 1410. The van der Waals surface area contributed by atoms with Gasteiger partial charge in [-0.15, -0.1) is 0 Å². The number of nitrogens with zero attached hydrogens (tertiary/aromatic N) is 5. The maximum absolute atomic E-state index is 13.1. The first kappa shape index (κ1) is 26.6. The Morgan fingerprint density at radius 1 is 1.11 bits per heavy atom. The average molecular weight is 510 g/mol. The van der Waals surface area contributed by atoms with Crippen LogP contribution in [0.25, 0.3) is 0 Å². The van der Waals surface area contributed by atoms with Crippen LogP contribution in [-0.4, -0.2) is 33.4 Å². The van der Waals surface area contributed by atoms with E-state index >= 15 is 0 Å². The topological polar surface area (TPSA) is 141 Å². The maximum atomic E-state index is 13.1. The first-order chi connectivity index (χ1) is 18.2. The van der Waals surface area contributed by atoms with Crippen molar-refractivity contribution in [1.29, 1.82) is 10.5 Å². The van der Waals surface area contributed by atoms with Crippen LogP contribution in [0.2, 0.25) is 0 Å². The van der Waals surface area contributed by atoms with E-state index < -0.39 is 6.04 Å². The van der Waals surface area contributed by atoms with E-state index in [2.05, 4.69) is 22.4 Å². The summed E-state index contributed by atoms with van der Waals surface area (Å²) in [6.45, 7) is 8.65. The standard InChI is InChI=1S/C29H31N7O2/c1-17(2)11-24(32)28(37)36-10-9-25-23(16-36)27(38-26-18(3)12-21(15-31)13-19(26)4)35-29(34-25)33-22-7-5-20(14-30)6-8-22/h5-8,12-13,17,24H,9-11,16,32H2,1-4H3,(H,33,34,35). The Hall–Kier alpha value is -4.47. The summed E-state index contributed by atoms with van der Waals surface area (Å²) in [4.78, 5) is 24.3. The normalized spacial score (nSPS) is 13.3. The highest BCUT2D eigenvalue weighted by Crippen LogP contribution is 2.35. The summed E-state index contributed by atoms with van der Waals surface area (Å²) in [7, 11) is 0. The number of rotatable bonds is 7. The number of fused-ring (bicyclic) bond motifs is 1. The molecule has 0 fully saturated rings. The quantitative estimate of drug-likeness (QED) is 0.470. The Morgan fingerprint density at radius 3 is 2.37 bits per heavy atom. The van der Waals surface area contributed by atoms with Crippen molar-refractivity contribution in [2.45, 2.75) is 53.1 Å². The Kier molecular flexibility index (Phi) is 7.90. The number of nitriles is 2. The first-order valence-corrected chi connectivity index (χ1v) is 12.6. The third-order valence-corrected chi connectivity index (χ3v) is 6.43. The molecule has 4 rings (SSSR count). The molecule has 9 heteroatoms. The van der Waals surface area contributed by atoms with Gasteiger partial charge in [0.2, 0.25) is 17.7 Å². The van der Waals surface area contributed by atoms with E-state index in [9.17, 15) is 10.1 Å². The fourth-order valence-electron chi connectivity index (χ4n) is 4.59. The monoisotopic (exact) mass is 509 g/mol. The predicted octanol–water partition coefficient (Wildman–Crippen LogP) is 4.63. The first-order valence-electron chi connectivity index (χ1n) is 12.6. The molecule has 2 aromatic carbocycles. The maximum Gasteiger partial charge on any atom is 0.239 e. The van der Waals surface area contributed by atoms with Gasteiger partial charge in [-0.25, -0.2) is 4.98 Å². The molecular weight excluding hydrogens is 478 g/mol. The van der Waals surface area contributed by atoms with Crippen LogP contribution in [0.5, 0.6) is 11.6 Å². The fraction of sp³-hybridized carbons (Fsp3) is 0.345. The van der Waals surface area contributed by atoms with Crippen LogP contribution < -0.4 is 15.8 Å². The highest BCUT2D eigenvalue weighted by Gasteiger charge is 2.30. The molecule has 1 aliphatic heterocycles. The Balaban J connectivity index is 1.71. The molecule has 9 nitrogen and oxygen atoms in total. The summed E-state index contributed by atoms with van der Waals surface area (Å²) in [5.74, 6) is 1.52. The number of amides is 1. The third kappa shape index (κ3) is 5.91. The second kappa shape index (κ2) is 11.3. The van der Waals surface area contributed by atoms with Gasteiger partial charge in [0.25, 0.3) is 0 Å². The van der Waals surface area contributed by atoms with Gasteiger partial charge in [-0.1, -0.05) is 13.8 Å². The van der Waals surface area contributed by atoms with Crippen molar-refractivity contribution in [3.8, 4) is 23.8 Å². The lowest BCUT2D eigenvalue weighted by molar-refractivity contribution is -0.133. The van der Waals surface area contributed by atoms with Crippen molar-refractivity contribution in [3.63, 3.8) is 0 Å². The molecule has 1 aromatic heterocycles. The van der Waals surface area contributed by atoms with Crippen LogP contribution >= 0.6 is 0 Å². The lowest BCUT2D eigenvalue weighted by Crippen LogP contribution is -2.46. The van der Waals surface area contributed by atoms with Crippen LogP contribution in [0.1, 0.15) is 53.8 Å². The lowest BCUT2D eigenvalue weighted by Gasteiger charge is -2.31. The number of nitrogens with one attached hydrogen (secondary N) is 1. The number of carbonyl (C=O) groups is 1. The predicted molar refractivity (Wildman–Crippen MR) is 144 cm³/mol. The van der Waals surface area contributed by atoms with Gasteiger partial charge in [0.15, 0.2) is 0 Å². The molecule has 0 saturated carbocycles. The molecule has 3 aromatic rings. The van der Waals surface area contributed by atoms with E-state index in [1.807, 2.05) is 27.7 Å². The number of anilines is 2. The zero-order chi connectivity index (χ0) is 27.4. The number of hydrogen-bond acceptors (Lipinski definition) is 8. The van der Waals surface area contributed by atoms with E-state index in [0.717, 1.165) is 28.1 Å². The number of benzene rings is 2. The summed E-state index contributed by atoms with van der Waals surface area (Å²) in [6.07, 6.45) is 1.14. The number of hydrogen-bond donors (Lipinski definition) is 2. The minimum Gasteiger partial charge on any atom is -0.438 e. The molecule has 2 heterocycles. The molecule has 3 N–H and O–H groups in total. The van der Waals surface area contributed by atoms with Gasteiger partial charge in [-0.05, 0) is 73.7 Å². The molecule has 0 aliphatic carbocycles. The molecular formula is C29H31N7O2. The van der Waals surface area contributed by atoms with Gasteiger partial charge >= 0.3 is 0 Å². The second-order valence-corrected chi connectivity index (χ2v) is 9.99. The van der Waals surface area contributed by atoms with Crippen LogP contribution in [0, 0.1) is 42.4 Å². The average Bonchev–Trinajstić information content (AvgIpc) is 2.89. The molecule has 38 heavy (non-hydrogen) atoms. The number of carbonyl (C=O) groups excluding carboxylic acids is 1. The number of aromatic nitrogens is 2. The van der Waals surface area contributed by atoms with Crippen molar-refractivity contribution >= 4 is 17.5 Å². The van der Waals surface area contributed by atoms with E-state index in [1.165, 1.54) is 0 Å². The minimum atomic E-state index is -0.567. The molecule has 1 unspecified atom stereocenters. The minimum absolute atomic E-state index is 0.0965. The molecule has 194 valence electrons. The molecule has 0 saturated heterocycles. The van der Waals surface area contributed by atoms with Gasteiger partial charge in [-0.3, -0.25) is 4.79 Å². The van der Waals surface area contributed by atoms with Crippen LogP contribution in [0.4, 0.5) is 11.6 Å². The third-order valence-electron chi connectivity index (χ3n) is 6.43. The van der Waals surface area contributed by atoms with Gasteiger partial charge < -0.3 is 20.7 Å². The second-order valence-electron chi connectivity index (χ2n) is 9.99. The van der Waals surface area contributed by atoms with Crippen LogP contribution in [0.15, 0.2) is 36.4 Å². The highest BCUT2D eigenvalue weighted by molar-refractivity contribution is 5.82. The SMILES string of the molecule is Cc1cc(C#N)cc(C)c1Oc1nc(Nc2ccc(C#N)cc2)nc2c1CN(C(=O)C(N)CC(C)C)CC2. The molecule has 0 spiro atoms. The molecule has 1 aliphatic rings. The van der Waals surface area contributed by atoms with Crippen molar-refractivity contribution < 1.29 is 9.53 Å². The van der Waals surface area contributed by atoms with Crippen molar-refractivity contribution in [1.82, 2.24) is 14.9 Å². The number of ether oxygens (including phenoxy) is 1. The molecule has 1 amide bonds. The highest BCUT2D eigenvalue weighted by atomic mass is 16.5. The van der Waals surface area contributed by atoms with Crippen LogP contribution in [-0.2, 0) is 17.8 Å². The Labute approximate surface area is 222 Å². The summed E-state index contributed by atoms with van der Waals surface area (Å²) in [5.41, 5.74) is 11.2. The summed E-state index contributed by atoms with van der Waals surface area (Å²) < 4.78 is 6.39. The molecule has 1 atom stereocenters.